The summed E-state index contributed by atoms with van der Waals surface area (Å²) in [5.41, 5.74) is 0. The predicted octanol–water partition coefficient (Wildman–Crippen LogP) is 2.94. The molecule has 2 rings (SSSR count). The van der Waals surface area contributed by atoms with Crippen LogP contribution in [0.2, 0.25) is 0 Å². The molecule has 1 heterocycles. The fraction of sp³-hybridized carbons (Fsp3) is 0.615. The van der Waals surface area contributed by atoms with Crippen LogP contribution in [-0.4, -0.2) is 18.1 Å². The largest absolute Gasteiger partial charge is 0.316 e. The van der Waals surface area contributed by atoms with Crippen LogP contribution in [0.3, 0.4) is 0 Å². The first kappa shape index (κ1) is 11.8. The van der Waals surface area contributed by atoms with Crippen molar-refractivity contribution in [1.29, 1.82) is 0 Å². The lowest BCUT2D eigenvalue weighted by atomic mass is 9.94. The summed E-state index contributed by atoms with van der Waals surface area (Å²) in [6.45, 7) is 4.32. The van der Waals surface area contributed by atoms with Crippen LogP contribution in [-0.2, 0) is 6.42 Å². The van der Waals surface area contributed by atoms with Gasteiger partial charge in [0, 0.05) is 17.6 Å². The van der Waals surface area contributed by atoms with E-state index in [1.54, 1.807) is 0 Å². The van der Waals surface area contributed by atoms with Gasteiger partial charge in [-0.2, -0.15) is 0 Å². The molecule has 0 spiro atoms. The van der Waals surface area contributed by atoms with E-state index in [1.165, 1.54) is 35.7 Å². The Bertz CT molecular complexity index is 343. The Labute approximate surface area is 102 Å². The average molecular weight is 236 g/mol. The zero-order valence-electron chi connectivity index (χ0n) is 9.91. The molecule has 1 aliphatic rings. The molecule has 1 aromatic rings. The Morgan fingerprint density at radius 1 is 1.50 bits per heavy atom. The van der Waals surface area contributed by atoms with E-state index in [9.17, 15) is 0 Å². The van der Waals surface area contributed by atoms with E-state index in [-0.39, 0.29) is 0 Å². The van der Waals surface area contributed by atoms with Gasteiger partial charge in [0.15, 0.2) is 0 Å². The maximum absolute atomic E-state index is 4.27. The number of thiazole rings is 1. The second-order valence-electron chi connectivity index (χ2n) is 4.45. The third kappa shape index (κ3) is 3.72. The van der Waals surface area contributed by atoms with Gasteiger partial charge in [-0.15, -0.1) is 11.3 Å². The monoisotopic (exact) mass is 236 g/mol. The molecule has 3 heteroatoms. The summed E-state index contributed by atoms with van der Waals surface area (Å²) in [5, 5.41) is 4.73. The Kier molecular flexibility index (Phi) is 4.55. The Balaban J connectivity index is 1.59. The molecular weight excluding hydrogens is 216 g/mol. The van der Waals surface area contributed by atoms with Crippen LogP contribution in [0.15, 0.2) is 18.3 Å². The zero-order chi connectivity index (χ0) is 11.2. The molecule has 16 heavy (non-hydrogen) atoms. The lowest BCUT2D eigenvalue weighted by Gasteiger charge is -2.17. The minimum atomic E-state index is 0.855. The molecule has 0 fully saturated rings. The van der Waals surface area contributed by atoms with Crippen LogP contribution in [0.25, 0.3) is 0 Å². The van der Waals surface area contributed by atoms with Gasteiger partial charge < -0.3 is 5.32 Å². The van der Waals surface area contributed by atoms with E-state index < -0.39 is 0 Å². The summed E-state index contributed by atoms with van der Waals surface area (Å²) in [6, 6.07) is 0. The third-order valence-corrected chi connectivity index (χ3v) is 4.00. The van der Waals surface area contributed by atoms with E-state index in [0.29, 0.717) is 0 Å². The van der Waals surface area contributed by atoms with Crippen LogP contribution in [0, 0.1) is 12.8 Å². The third-order valence-electron chi connectivity index (χ3n) is 3.03. The Morgan fingerprint density at radius 2 is 2.44 bits per heavy atom. The van der Waals surface area contributed by atoms with E-state index in [4.69, 9.17) is 0 Å². The van der Waals surface area contributed by atoms with Crippen LogP contribution in [0.1, 0.15) is 29.1 Å². The van der Waals surface area contributed by atoms with Crippen molar-refractivity contribution < 1.29 is 0 Å². The Morgan fingerprint density at radius 3 is 3.12 bits per heavy atom. The number of aryl methyl sites for hydroxylation is 1. The fourth-order valence-electron chi connectivity index (χ4n) is 2.08. The van der Waals surface area contributed by atoms with Crippen molar-refractivity contribution in [2.45, 2.75) is 32.6 Å². The van der Waals surface area contributed by atoms with Crippen LogP contribution < -0.4 is 5.32 Å². The lowest BCUT2D eigenvalue weighted by Crippen LogP contribution is -2.25. The van der Waals surface area contributed by atoms with Crippen LogP contribution in [0.4, 0.5) is 0 Å². The number of hydrogen-bond acceptors (Lipinski definition) is 3. The molecule has 1 N–H and O–H groups in total. The van der Waals surface area contributed by atoms with E-state index in [0.717, 1.165) is 18.9 Å². The number of nitrogens with zero attached hydrogens (tertiary/aromatic N) is 1. The van der Waals surface area contributed by atoms with Gasteiger partial charge in [-0.3, -0.25) is 0 Å². The van der Waals surface area contributed by atoms with Gasteiger partial charge in [0.1, 0.15) is 0 Å². The summed E-state index contributed by atoms with van der Waals surface area (Å²) in [5.74, 6) is 0.855. The summed E-state index contributed by atoms with van der Waals surface area (Å²) < 4.78 is 0. The normalized spacial score (nSPS) is 20.2. The Hall–Kier alpha value is -0.670. The highest BCUT2D eigenvalue weighted by Gasteiger charge is 2.08. The maximum Gasteiger partial charge on any atom is 0.0896 e. The van der Waals surface area contributed by atoms with Crippen LogP contribution in [0.5, 0.6) is 0 Å². The molecule has 0 saturated carbocycles. The smallest absolute Gasteiger partial charge is 0.0896 e. The molecule has 0 radical (unpaired) electrons. The molecule has 2 nitrogen and oxygen atoms in total. The molecule has 0 aliphatic heterocycles. The number of hydrogen-bond donors (Lipinski definition) is 1. The average Bonchev–Trinajstić information content (AvgIpc) is 2.72. The van der Waals surface area contributed by atoms with Gasteiger partial charge in [-0.05, 0) is 45.1 Å². The van der Waals surface area contributed by atoms with Crippen molar-refractivity contribution in [1.82, 2.24) is 10.3 Å². The first-order valence-corrected chi connectivity index (χ1v) is 6.93. The minimum Gasteiger partial charge on any atom is -0.316 e. The van der Waals surface area contributed by atoms with Crippen LogP contribution >= 0.6 is 11.3 Å². The predicted molar refractivity (Wildman–Crippen MR) is 69.9 cm³/mol. The SMILES string of the molecule is Cc1ncc(CCNCC2CC=CCC2)s1. The van der Waals surface area contributed by atoms with Gasteiger partial charge in [-0.25, -0.2) is 4.98 Å². The van der Waals surface area contributed by atoms with Crippen molar-refractivity contribution in [2.75, 3.05) is 13.1 Å². The highest BCUT2D eigenvalue weighted by atomic mass is 32.1. The first-order chi connectivity index (χ1) is 7.84. The molecule has 1 unspecified atom stereocenters. The lowest BCUT2D eigenvalue weighted by molar-refractivity contribution is 0.443. The van der Waals surface area contributed by atoms with Gasteiger partial charge in [-0.1, -0.05) is 12.2 Å². The molecule has 0 saturated heterocycles. The topological polar surface area (TPSA) is 24.9 Å². The quantitative estimate of drug-likeness (QED) is 0.628. The molecule has 88 valence electrons. The highest BCUT2D eigenvalue weighted by Crippen LogP contribution is 2.17. The first-order valence-electron chi connectivity index (χ1n) is 6.11. The molecule has 0 bridgehead atoms. The van der Waals surface area contributed by atoms with E-state index in [1.807, 2.05) is 17.5 Å². The summed E-state index contributed by atoms with van der Waals surface area (Å²) in [6.07, 6.45) is 11.6. The molecular formula is C13H20N2S. The molecule has 1 atom stereocenters. The maximum atomic E-state index is 4.27. The second-order valence-corrected chi connectivity index (χ2v) is 5.77. The summed E-state index contributed by atoms with van der Waals surface area (Å²) in [7, 11) is 0. The molecule has 0 aromatic carbocycles. The molecule has 1 aromatic heterocycles. The van der Waals surface area contributed by atoms with Crippen molar-refractivity contribution in [2.24, 2.45) is 5.92 Å². The van der Waals surface area contributed by atoms with Crippen molar-refractivity contribution >= 4 is 11.3 Å². The van der Waals surface area contributed by atoms with E-state index >= 15 is 0 Å². The summed E-state index contributed by atoms with van der Waals surface area (Å²) in [4.78, 5) is 5.66. The minimum absolute atomic E-state index is 0.855. The highest BCUT2D eigenvalue weighted by molar-refractivity contribution is 7.11. The number of aromatic nitrogens is 1. The van der Waals surface area contributed by atoms with Gasteiger partial charge in [0.05, 0.1) is 5.01 Å². The number of allylic oxidation sites excluding steroid dienone is 2. The number of nitrogens with one attached hydrogen (secondary N) is 1. The van der Waals surface area contributed by atoms with Crippen molar-refractivity contribution in [3.63, 3.8) is 0 Å². The van der Waals surface area contributed by atoms with E-state index in [2.05, 4.69) is 29.4 Å². The number of rotatable bonds is 5. The summed E-state index contributed by atoms with van der Waals surface area (Å²) >= 11 is 1.81. The van der Waals surface area contributed by atoms with Gasteiger partial charge >= 0.3 is 0 Å². The molecule has 1 aliphatic carbocycles. The van der Waals surface area contributed by atoms with Gasteiger partial charge in [0.25, 0.3) is 0 Å². The second kappa shape index (κ2) is 6.16. The standard InChI is InChI=1S/C13H20N2S/c1-11-15-10-13(16-11)7-8-14-9-12-5-3-2-4-6-12/h2-3,10,12,14H,4-9H2,1H3. The zero-order valence-corrected chi connectivity index (χ0v) is 10.7. The fourth-order valence-corrected chi connectivity index (χ4v) is 2.87. The van der Waals surface area contributed by atoms with Gasteiger partial charge in [0.2, 0.25) is 0 Å². The molecule has 0 amide bonds. The van der Waals surface area contributed by atoms with Crippen molar-refractivity contribution in [3.8, 4) is 0 Å². The van der Waals surface area contributed by atoms with Crippen molar-refractivity contribution in [3.05, 3.63) is 28.2 Å².